The zero-order chi connectivity index (χ0) is 12.0. The van der Waals surface area contributed by atoms with E-state index >= 15 is 0 Å². The minimum atomic E-state index is -0.642. The number of primary amides is 1. The average Bonchev–Trinajstić information content (AvgIpc) is 2.24. The molecule has 0 fully saturated rings. The van der Waals surface area contributed by atoms with Crippen LogP contribution in [-0.4, -0.2) is 30.1 Å². The molecule has 0 unspecified atom stereocenters. The van der Waals surface area contributed by atoms with Crippen LogP contribution in [-0.2, 0) is 0 Å². The van der Waals surface area contributed by atoms with Gasteiger partial charge in [0.1, 0.15) is 5.75 Å². The maximum atomic E-state index is 11.5. The first-order chi connectivity index (χ1) is 7.61. The van der Waals surface area contributed by atoms with E-state index in [0.717, 1.165) is 0 Å². The van der Waals surface area contributed by atoms with E-state index < -0.39 is 11.9 Å². The molecule has 0 aliphatic rings. The summed E-state index contributed by atoms with van der Waals surface area (Å²) in [5, 5.41) is 14.2. The van der Waals surface area contributed by atoms with Crippen molar-refractivity contribution in [3.05, 3.63) is 29.8 Å². The smallest absolute Gasteiger partial charge is 0.312 e. The molecular formula is C10H13N3O3. The Kier molecular flexibility index (Phi) is 4.14. The fourth-order valence-electron chi connectivity index (χ4n) is 1.12. The number of hydrogen-bond acceptors (Lipinski definition) is 3. The lowest BCUT2D eigenvalue weighted by molar-refractivity contribution is 0.0951. The number of amides is 3. The Hall–Kier alpha value is -2.24. The first kappa shape index (κ1) is 11.8. The largest absolute Gasteiger partial charge is 0.507 e. The van der Waals surface area contributed by atoms with E-state index in [4.69, 9.17) is 5.73 Å². The Labute approximate surface area is 92.4 Å². The van der Waals surface area contributed by atoms with E-state index in [1.165, 1.54) is 12.1 Å². The van der Waals surface area contributed by atoms with Crippen LogP contribution in [0.15, 0.2) is 24.3 Å². The number of hydrogen-bond donors (Lipinski definition) is 4. The number of phenolic OH excluding ortho intramolecular Hbond substituents is 1. The molecule has 0 radical (unpaired) electrons. The van der Waals surface area contributed by atoms with Crippen LogP contribution in [0.3, 0.4) is 0 Å². The molecule has 5 N–H and O–H groups in total. The summed E-state index contributed by atoms with van der Waals surface area (Å²) >= 11 is 0. The van der Waals surface area contributed by atoms with Gasteiger partial charge < -0.3 is 21.5 Å². The molecule has 0 spiro atoms. The maximum Gasteiger partial charge on any atom is 0.312 e. The van der Waals surface area contributed by atoms with E-state index in [1.807, 2.05) is 0 Å². The number of nitrogens with two attached hydrogens (primary N) is 1. The van der Waals surface area contributed by atoms with Gasteiger partial charge in [0.2, 0.25) is 0 Å². The first-order valence-electron chi connectivity index (χ1n) is 4.70. The fourth-order valence-corrected chi connectivity index (χ4v) is 1.12. The predicted molar refractivity (Wildman–Crippen MR) is 58.0 cm³/mol. The zero-order valence-corrected chi connectivity index (χ0v) is 8.56. The summed E-state index contributed by atoms with van der Waals surface area (Å²) in [5.74, 6) is -0.479. The summed E-state index contributed by atoms with van der Waals surface area (Å²) in [7, 11) is 0. The Morgan fingerprint density at radius 1 is 1.19 bits per heavy atom. The van der Waals surface area contributed by atoms with Crippen LogP contribution < -0.4 is 16.4 Å². The molecule has 0 heterocycles. The average molecular weight is 223 g/mol. The van der Waals surface area contributed by atoms with Crippen LogP contribution in [0.25, 0.3) is 0 Å². The van der Waals surface area contributed by atoms with Crippen LogP contribution in [0.2, 0.25) is 0 Å². The van der Waals surface area contributed by atoms with Gasteiger partial charge in [-0.05, 0) is 12.1 Å². The van der Waals surface area contributed by atoms with E-state index in [2.05, 4.69) is 10.6 Å². The van der Waals surface area contributed by atoms with Gasteiger partial charge in [0, 0.05) is 13.1 Å². The molecule has 1 aromatic carbocycles. The van der Waals surface area contributed by atoms with Gasteiger partial charge in [0.05, 0.1) is 5.56 Å². The number of aromatic hydroxyl groups is 1. The lowest BCUT2D eigenvalue weighted by Gasteiger charge is -2.06. The van der Waals surface area contributed by atoms with E-state index in [1.54, 1.807) is 12.1 Å². The molecular weight excluding hydrogens is 210 g/mol. The molecule has 0 aliphatic carbocycles. The van der Waals surface area contributed by atoms with Gasteiger partial charge in [0.25, 0.3) is 5.91 Å². The molecule has 1 aromatic rings. The minimum absolute atomic E-state index is 0.0807. The number of carbonyl (C=O) groups is 2. The van der Waals surface area contributed by atoms with Gasteiger partial charge in [-0.2, -0.15) is 0 Å². The van der Waals surface area contributed by atoms with Crippen molar-refractivity contribution in [1.29, 1.82) is 0 Å². The van der Waals surface area contributed by atoms with Crippen LogP contribution in [0.4, 0.5) is 4.79 Å². The van der Waals surface area contributed by atoms with Gasteiger partial charge in [-0.15, -0.1) is 0 Å². The highest BCUT2D eigenvalue weighted by atomic mass is 16.3. The molecule has 86 valence electrons. The fraction of sp³-hybridized carbons (Fsp3) is 0.200. The van der Waals surface area contributed by atoms with Crippen LogP contribution in [0.5, 0.6) is 5.75 Å². The highest BCUT2D eigenvalue weighted by Crippen LogP contribution is 2.14. The first-order valence-corrected chi connectivity index (χ1v) is 4.70. The van der Waals surface area contributed by atoms with Gasteiger partial charge in [-0.1, -0.05) is 12.1 Å². The summed E-state index contributed by atoms with van der Waals surface area (Å²) in [6.07, 6.45) is 0. The molecule has 0 aromatic heterocycles. The molecule has 0 saturated carbocycles. The topological polar surface area (TPSA) is 104 Å². The van der Waals surface area contributed by atoms with Crippen LogP contribution in [0, 0.1) is 0 Å². The highest BCUT2D eigenvalue weighted by molar-refractivity contribution is 5.96. The predicted octanol–water partition coefficient (Wildman–Crippen LogP) is -0.210. The van der Waals surface area contributed by atoms with E-state index in [0.29, 0.717) is 0 Å². The number of carbonyl (C=O) groups excluding carboxylic acids is 2. The van der Waals surface area contributed by atoms with Crippen LogP contribution >= 0.6 is 0 Å². The second kappa shape index (κ2) is 5.59. The van der Waals surface area contributed by atoms with Gasteiger partial charge in [-0.25, -0.2) is 4.79 Å². The van der Waals surface area contributed by atoms with Gasteiger partial charge >= 0.3 is 6.03 Å². The second-order valence-electron chi connectivity index (χ2n) is 3.06. The van der Waals surface area contributed by atoms with Crippen molar-refractivity contribution in [3.63, 3.8) is 0 Å². The lowest BCUT2D eigenvalue weighted by Crippen LogP contribution is -2.37. The number of rotatable bonds is 4. The van der Waals surface area contributed by atoms with Gasteiger partial charge in [0.15, 0.2) is 0 Å². The molecule has 0 aliphatic heterocycles. The molecule has 0 saturated heterocycles. The van der Waals surface area contributed by atoms with E-state index in [-0.39, 0.29) is 24.4 Å². The Bertz CT molecular complexity index is 393. The van der Waals surface area contributed by atoms with Crippen molar-refractivity contribution >= 4 is 11.9 Å². The highest BCUT2D eigenvalue weighted by Gasteiger charge is 2.08. The third kappa shape index (κ3) is 3.49. The number of phenols is 1. The normalized spacial score (nSPS) is 9.50. The van der Waals surface area contributed by atoms with Crippen molar-refractivity contribution in [1.82, 2.24) is 10.6 Å². The molecule has 0 bridgehead atoms. The molecule has 0 atom stereocenters. The maximum absolute atomic E-state index is 11.5. The summed E-state index contributed by atoms with van der Waals surface area (Å²) in [4.78, 5) is 21.8. The van der Waals surface area contributed by atoms with E-state index in [9.17, 15) is 14.7 Å². The number of benzene rings is 1. The van der Waals surface area contributed by atoms with Crippen LogP contribution in [0.1, 0.15) is 10.4 Å². The Morgan fingerprint density at radius 3 is 2.44 bits per heavy atom. The SMILES string of the molecule is NC(=O)NCCNC(=O)c1ccccc1O. The molecule has 6 heteroatoms. The third-order valence-corrected chi connectivity index (χ3v) is 1.86. The van der Waals surface area contributed by atoms with Crippen molar-refractivity contribution in [2.24, 2.45) is 5.73 Å². The number of para-hydroxylation sites is 1. The summed E-state index contributed by atoms with van der Waals surface area (Å²) in [6, 6.07) is 5.57. The monoisotopic (exact) mass is 223 g/mol. The Balaban J connectivity index is 2.41. The molecule has 16 heavy (non-hydrogen) atoms. The number of nitrogens with one attached hydrogen (secondary N) is 2. The second-order valence-corrected chi connectivity index (χ2v) is 3.06. The van der Waals surface area contributed by atoms with Crippen molar-refractivity contribution in [2.45, 2.75) is 0 Å². The summed E-state index contributed by atoms with van der Waals surface area (Å²) < 4.78 is 0. The summed E-state index contributed by atoms with van der Waals surface area (Å²) in [5.41, 5.74) is 5.04. The quantitative estimate of drug-likeness (QED) is 0.531. The Morgan fingerprint density at radius 2 is 1.81 bits per heavy atom. The van der Waals surface area contributed by atoms with Gasteiger partial charge in [-0.3, -0.25) is 4.79 Å². The molecule has 6 nitrogen and oxygen atoms in total. The third-order valence-electron chi connectivity index (χ3n) is 1.86. The molecule has 3 amide bonds. The number of urea groups is 1. The summed E-state index contributed by atoms with van der Waals surface area (Å²) in [6.45, 7) is 0.491. The minimum Gasteiger partial charge on any atom is -0.507 e. The standard InChI is InChI=1S/C10H13N3O3/c11-10(16)13-6-5-12-9(15)7-3-1-2-4-8(7)14/h1-4,14H,5-6H2,(H,12,15)(H3,11,13,16). The lowest BCUT2D eigenvalue weighted by atomic mass is 10.2. The van der Waals surface area contributed by atoms with Crippen molar-refractivity contribution < 1.29 is 14.7 Å². The van der Waals surface area contributed by atoms with Crippen molar-refractivity contribution in [3.8, 4) is 5.75 Å². The molecule has 1 rings (SSSR count). The van der Waals surface area contributed by atoms with Crippen molar-refractivity contribution in [2.75, 3.05) is 13.1 Å². The zero-order valence-electron chi connectivity index (χ0n) is 8.56.